The van der Waals surface area contributed by atoms with Crippen molar-refractivity contribution in [3.63, 3.8) is 0 Å². The molecule has 3 heteroatoms. The summed E-state index contributed by atoms with van der Waals surface area (Å²) in [4.78, 5) is 0. The van der Waals surface area contributed by atoms with Crippen molar-refractivity contribution in [3.8, 4) is 11.5 Å². The molecular formula is C14H16N2O. The first-order valence-electron chi connectivity index (χ1n) is 5.61. The van der Waals surface area contributed by atoms with E-state index in [0.717, 1.165) is 34.9 Å². The van der Waals surface area contributed by atoms with Crippen molar-refractivity contribution in [1.29, 1.82) is 0 Å². The van der Waals surface area contributed by atoms with Gasteiger partial charge < -0.3 is 16.2 Å². The summed E-state index contributed by atoms with van der Waals surface area (Å²) in [7, 11) is 0. The van der Waals surface area contributed by atoms with Crippen molar-refractivity contribution < 1.29 is 4.74 Å². The van der Waals surface area contributed by atoms with Crippen LogP contribution in [-0.4, -0.2) is 0 Å². The summed E-state index contributed by atoms with van der Waals surface area (Å²) in [5.74, 6) is 1.57. The molecule has 0 aliphatic heterocycles. The molecule has 88 valence electrons. The quantitative estimate of drug-likeness (QED) is 0.793. The molecule has 0 saturated carbocycles. The predicted molar refractivity (Wildman–Crippen MR) is 71.2 cm³/mol. The van der Waals surface area contributed by atoms with E-state index in [9.17, 15) is 0 Å². The van der Waals surface area contributed by atoms with Crippen LogP contribution in [0.3, 0.4) is 0 Å². The van der Waals surface area contributed by atoms with E-state index in [1.54, 1.807) is 0 Å². The van der Waals surface area contributed by atoms with Gasteiger partial charge >= 0.3 is 0 Å². The first kappa shape index (κ1) is 11.3. The summed E-state index contributed by atoms with van der Waals surface area (Å²) in [5, 5.41) is 0. The summed E-state index contributed by atoms with van der Waals surface area (Å²) < 4.78 is 5.80. The van der Waals surface area contributed by atoms with E-state index >= 15 is 0 Å². The standard InChI is InChI=1S/C14H16N2O/c1-2-12-13(16)4-3-5-14(12)17-11-8-6-10(15)7-9-11/h3-9H,2,15-16H2,1H3. The molecule has 0 atom stereocenters. The van der Waals surface area contributed by atoms with Crippen LogP contribution in [0, 0.1) is 0 Å². The third-order valence-corrected chi connectivity index (χ3v) is 2.63. The van der Waals surface area contributed by atoms with Gasteiger partial charge in [-0.15, -0.1) is 0 Å². The Bertz CT molecular complexity index is 506. The normalized spacial score (nSPS) is 10.2. The van der Waals surface area contributed by atoms with Gasteiger partial charge in [0.15, 0.2) is 0 Å². The highest BCUT2D eigenvalue weighted by Crippen LogP contribution is 2.29. The fourth-order valence-corrected chi connectivity index (χ4v) is 1.72. The maximum Gasteiger partial charge on any atom is 0.132 e. The smallest absolute Gasteiger partial charge is 0.132 e. The van der Waals surface area contributed by atoms with Gasteiger partial charge in [0.25, 0.3) is 0 Å². The van der Waals surface area contributed by atoms with Crippen LogP contribution in [0.25, 0.3) is 0 Å². The molecule has 0 aromatic heterocycles. The molecule has 0 amide bonds. The third kappa shape index (κ3) is 2.50. The Morgan fingerprint density at radius 1 is 1.00 bits per heavy atom. The van der Waals surface area contributed by atoms with Gasteiger partial charge in [-0.2, -0.15) is 0 Å². The lowest BCUT2D eigenvalue weighted by atomic mass is 10.1. The molecule has 2 rings (SSSR count). The van der Waals surface area contributed by atoms with Crippen LogP contribution in [0.5, 0.6) is 11.5 Å². The van der Waals surface area contributed by atoms with Crippen molar-refractivity contribution in [3.05, 3.63) is 48.0 Å². The van der Waals surface area contributed by atoms with Gasteiger partial charge in [-0.1, -0.05) is 13.0 Å². The number of nitrogen functional groups attached to an aromatic ring is 2. The number of rotatable bonds is 3. The first-order valence-corrected chi connectivity index (χ1v) is 5.61. The van der Waals surface area contributed by atoms with Crippen LogP contribution in [0.15, 0.2) is 42.5 Å². The minimum Gasteiger partial charge on any atom is -0.457 e. The van der Waals surface area contributed by atoms with E-state index in [4.69, 9.17) is 16.2 Å². The number of ether oxygens (including phenoxy) is 1. The Hall–Kier alpha value is -2.16. The molecular weight excluding hydrogens is 212 g/mol. The average molecular weight is 228 g/mol. The van der Waals surface area contributed by atoms with Gasteiger partial charge in [0, 0.05) is 16.9 Å². The predicted octanol–water partition coefficient (Wildman–Crippen LogP) is 3.21. The van der Waals surface area contributed by atoms with Crippen molar-refractivity contribution in [2.45, 2.75) is 13.3 Å². The molecule has 0 aliphatic rings. The molecule has 0 saturated heterocycles. The Balaban J connectivity index is 2.29. The second kappa shape index (κ2) is 4.78. The Labute approximate surface area is 101 Å². The van der Waals surface area contributed by atoms with E-state index in [2.05, 4.69) is 6.92 Å². The summed E-state index contributed by atoms with van der Waals surface area (Å²) >= 11 is 0. The van der Waals surface area contributed by atoms with Gasteiger partial charge in [-0.3, -0.25) is 0 Å². The molecule has 2 aromatic rings. The van der Waals surface area contributed by atoms with E-state index < -0.39 is 0 Å². The lowest BCUT2D eigenvalue weighted by molar-refractivity contribution is 0.477. The topological polar surface area (TPSA) is 61.3 Å². The van der Waals surface area contributed by atoms with Crippen molar-refractivity contribution in [2.24, 2.45) is 0 Å². The zero-order valence-corrected chi connectivity index (χ0v) is 9.81. The highest BCUT2D eigenvalue weighted by atomic mass is 16.5. The van der Waals surface area contributed by atoms with Crippen molar-refractivity contribution in [1.82, 2.24) is 0 Å². The molecule has 3 nitrogen and oxygen atoms in total. The fraction of sp³-hybridized carbons (Fsp3) is 0.143. The molecule has 0 fully saturated rings. The Kier molecular flexibility index (Phi) is 3.19. The van der Waals surface area contributed by atoms with E-state index in [1.165, 1.54) is 0 Å². The van der Waals surface area contributed by atoms with Crippen molar-refractivity contribution in [2.75, 3.05) is 11.5 Å². The molecule has 2 aromatic carbocycles. The molecule has 17 heavy (non-hydrogen) atoms. The van der Waals surface area contributed by atoms with E-state index in [0.29, 0.717) is 0 Å². The molecule has 4 N–H and O–H groups in total. The lowest BCUT2D eigenvalue weighted by Gasteiger charge is -2.12. The zero-order chi connectivity index (χ0) is 12.3. The molecule has 0 heterocycles. The molecule has 0 bridgehead atoms. The molecule has 0 unspecified atom stereocenters. The maximum atomic E-state index is 5.91. The van der Waals surface area contributed by atoms with Crippen LogP contribution in [-0.2, 0) is 6.42 Å². The third-order valence-electron chi connectivity index (χ3n) is 2.63. The van der Waals surface area contributed by atoms with Crippen LogP contribution in [0.4, 0.5) is 11.4 Å². The SMILES string of the molecule is CCc1c(N)cccc1Oc1ccc(N)cc1. The second-order valence-corrected chi connectivity index (χ2v) is 3.85. The summed E-state index contributed by atoms with van der Waals surface area (Å²) in [6.07, 6.45) is 0.844. The fourth-order valence-electron chi connectivity index (χ4n) is 1.72. The zero-order valence-electron chi connectivity index (χ0n) is 9.81. The number of hydrogen-bond donors (Lipinski definition) is 2. The summed E-state index contributed by atoms with van der Waals surface area (Å²) in [6, 6.07) is 13.0. The van der Waals surface area contributed by atoms with Gasteiger partial charge in [0.05, 0.1) is 0 Å². The highest BCUT2D eigenvalue weighted by Gasteiger charge is 2.06. The second-order valence-electron chi connectivity index (χ2n) is 3.85. The van der Waals surface area contributed by atoms with Gasteiger partial charge in [0.2, 0.25) is 0 Å². The van der Waals surface area contributed by atoms with E-state index in [-0.39, 0.29) is 0 Å². The number of hydrogen-bond acceptors (Lipinski definition) is 3. The van der Waals surface area contributed by atoms with Crippen LogP contribution in [0.1, 0.15) is 12.5 Å². The lowest BCUT2D eigenvalue weighted by Crippen LogP contribution is -1.96. The number of anilines is 2. The van der Waals surface area contributed by atoms with E-state index in [1.807, 2.05) is 42.5 Å². The number of nitrogens with two attached hydrogens (primary N) is 2. The molecule has 0 radical (unpaired) electrons. The van der Waals surface area contributed by atoms with Crippen LogP contribution in [0.2, 0.25) is 0 Å². The summed E-state index contributed by atoms with van der Waals surface area (Å²) in [5.41, 5.74) is 14.1. The van der Waals surface area contributed by atoms with Gasteiger partial charge in [-0.05, 0) is 42.8 Å². The number of benzene rings is 2. The monoisotopic (exact) mass is 228 g/mol. The van der Waals surface area contributed by atoms with Crippen LogP contribution >= 0.6 is 0 Å². The van der Waals surface area contributed by atoms with Crippen LogP contribution < -0.4 is 16.2 Å². The summed E-state index contributed by atoms with van der Waals surface area (Å²) in [6.45, 7) is 2.06. The Morgan fingerprint density at radius 2 is 1.71 bits per heavy atom. The Morgan fingerprint density at radius 3 is 2.35 bits per heavy atom. The first-order chi connectivity index (χ1) is 8.20. The molecule has 0 spiro atoms. The largest absolute Gasteiger partial charge is 0.457 e. The van der Waals surface area contributed by atoms with Gasteiger partial charge in [-0.25, -0.2) is 0 Å². The molecule has 0 aliphatic carbocycles. The maximum absolute atomic E-state index is 5.91. The minimum atomic E-state index is 0.723. The van der Waals surface area contributed by atoms with Gasteiger partial charge in [0.1, 0.15) is 11.5 Å². The highest BCUT2D eigenvalue weighted by molar-refractivity contribution is 5.55. The van der Waals surface area contributed by atoms with Crippen molar-refractivity contribution >= 4 is 11.4 Å². The average Bonchev–Trinajstić information content (AvgIpc) is 2.32. The minimum absolute atomic E-state index is 0.723.